The Labute approximate surface area is 184 Å². The van der Waals surface area contributed by atoms with Gasteiger partial charge >= 0.3 is 6.18 Å². The molecule has 0 unspecified atom stereocenters. The minimum Gasteiger partial charge on any atom is -0.389 e. The second-order valence-corrected chi connectivity index (χ2v) is 7.66. The van der Waals surface area contributed by atoms with Gasteiger partial charge in [0.2, 0.25) is 0 Å². The molecule has 1 aliphatic rings. The SMILES string of the molecule is O=C(N[C@H]1CCOC[C@@H]1O)c1cc(Cc2ccc(C(F)(F)F)nc2)c2c(F)ccc(F)c2n1. The average molecular weight is 467 g/mol. The third-order valence-corrected chi connectivity index (χ3v) is 5.33. The zero-order valence-electron chi connectivity index (χ0n) is 17.0. The molecular weight excluding hydrogens is 449 g/mol. The van der Waals surface area contributed by atoms with Crippen LogP contribution in [0.1, 0.15) is 33.7 Å². The van der Waals surface area contributed by atoms with Crippen molar-refractivity contribution in [2.45, 2.75) is 31.2 Å². The lowest BCUT2D eigenvalue weighted by molar-refractivity contribution is -0.141. The molecule has 2 aromatic heterocycles. The summed E-state index contributed by atoms with van der Waals surface area (Å²) in [5, 5.41) is 12.4. The highest BCUT2D eigenvalue weighted by Gasteiger charge is 2.32. The van der Waals surface area contributed by atoms with Gasteiger partial charge < -0.3 is 15.2 Å². The van der Waals surface area contributed by atoms with Crippen LogP contribution in [0.3, 0.4) is 0 Å². The molecule has 0 spiro atoms. The van der Waals surface area contributed by atoms with Crippen molar-refractivity contribution in [3.05, 3.63) is 70.7 Å². The molecule has 1 aromatic carbocycles. The quantitative estimate of drug-likeness (QED) is 0.575. The van der Waals surface area contributed by atoms with E-state index in [-0.39, 0.29) is 35.2 Å². The fourth-order valence-electron chi connectivity index (χ4n) is 3.65. The number of hydrogen-bond acceptors (Lipinski definition) is 5. The Balaban J connectivity index is 1.71. The first-order valence-electron chi connectivity index (χ1n) is 10.00. The zero-order chi connectivity index (χ0) is 23.8. The van der Waals surface area contributed by atoms with Gasteiger partial charge in [0, 0.05) is 18.2 Å². The van der Waals surface area contributed by atoms with Crippen molar-refractivity contribution in [1.29, 1.82) is 0 Å². The van der Waals surface area contributed by atoms with Gasteiger partial charge in [-0.3, -0.25) is 9.78 Å². The number of pyridine rings is 2. The molecule has 0 aliphatic carbocycles. The van der Waals surface area contributed by atoms with Gasteiger partial charge in [-0.2, -0.15) is 13.2 Å². The molecule has 0 radical (unpaired) electrons. The summed E-state index contributed by atoms with van der Waals surface area (Å²) in [7, 11) is 0. The summed E-state index contributed by atoms with van der Waals surface area (Å²) in [6.07, 6.45) is -4.32. The number of hydrogen-bond donors (Lipinski definition) is 2. The summed E-state index contributed by atoms with van der Waals surface area (Å²) in [4.78, 5) is 20.1. The molecule has 1 saturated heterocycles. The highest BCUT2D eigenvalue weighted by atomic mass is 19.4. The molecule has 1 fully saturated rings. The van der Waals surface area contributed by atoms with E-state index in [1.165, 1.54) is 12.1 Å². The number of nitrogens with one attached hydrogen (secondary N) is 1. The van der Waals surface area contributed by atoms with E-state index < -0.39 is 41.6 Å². The molecule has 11 heteroatoms. The van der Waals surface area contributed by atoms with Gasteiger partial charge in [0.15, 0.2) is 0 Å². The first-order valence-corrected chi connectivity index (χ1v) is 10.00. The Bertz CT molecular complexity index is 1180. The lowest BCUT2D eigenvalue weighted by Crippen LogP contribution is -2.48. The number of aromatic nitrogens is 2. The summed E-state index contributed by atoms with van der Waals surface area (Å²) in [5.41, 5.74) is -1.25. The molecule has 4 rings (SSSR count). The van der Waals surface area contributed by atoms with Crippen LogP contribution in [0.25, 0.3) is 10.9 Å². The van der Waals surface area contributed by atoms with Gasteiger partial charge in [-0.15, -0.1) is 0 Å². The predicted octanol–water partition coefficient (Wildman–Crippen LogP) is 3.40. The van der Waals surface area contributed by atoms with E-state index in [4.69, 9.17) is 4.74 Å². The Morgan fingerprint density at radius 3 is 2.61 bits per heavy atom. The van der Waals surface area contributed by atoms with E-state index in [0.717, 1.165) is 24.4 Å². The van der Waals surface area contributed by atoms with Crippen LogP contribution in [0.2, 0.25) is 0 Å². The number of aliphatic hydroxyl groups excluding tert-OH is 1. The van der Waals surface area contributed by atoms with Crippen molar-refractivity contribution in [3.63, 3.8) is 0 Å². The molecule has 6 nitrogen and oxygen atoms in total. The van der Waals surface area contributed by atoms with Crippen LogP contribution in [-0.4, -0.2) is 46.3 Å². The van der Waals surface area contributed by atoms with Gasteiger partial charge in [0.25, 0.3) is 5.91 Å². The van der Waals surface area contributed by atoms with Crippen LogP contribution in [0.15, 0.2) is 36.5 Å². The summed E-state index contributed by atoms with van der Waals surface area (Å²) in [5.74, 6) is -2.36. The van der Waals surface area contributed by atoms with E-state index in [1.54, 1.807) is 0 Å². The highest BCUT2D eigenvalue weighted by Crippen LogP contribution is 2.29. The lowest BCUT2D eigenvalue weighted by Gasteiger charge is -2.28. The van der Waals surface area contributed by atoms with Crippen molar-refractivity contribution in [2.75, 3.05) is 13.2 Å². The number of alkyl halides is 3. The number of halogens is 5. The largest absolute Gasteiger partial charge is 0.433 e. The average Bonchev–Trinajstić information content (AvgIpc) is 2.77. The van der Waals surface area contributed by atoms with Gasteiger partial charge in [-0.1, -0.05) is 6.07 Å². The summed E-state index contributed by atoms with van der Waals surface area (Å²) in [6.45, 7) is 0.376. The Hall–Kier alpha value is -3.18. The van der Waals surface area contributed by atoms with Crippen molar-refractivity contribution in [2.24, 2.45) is 0 Å². The van der Waals surface area contributed by atoms with Crippen LogP contribution in [-0.2, 0) is 17.3 Å². The van der Waals surface area contributed by atoms with Gasteiger partial charge in [0.05, 0.1) is 18.8 Å². The first kappa shape index (κ1) is 23.0. The number of nitrogens with zero attached hydrogens (tertiary/aromatic N) is 2. The van der Waals surface area contributed by atoms with E-state index >= 15 is 0 Å². The van der Waals surface area contributed by atoms with Crippen molar-refractivity contribution >= 4 is 16.8 Å². The maximum Gasteiger partial charge on any atom is 0.433 e. The normalized spacial score (nSPS) is 19.0. The van der Waals surface area contributed by atoms with E-state index in [0.29, 0.717) is 18.6 Å². The number of aliphatic hydroxyl groups is 1. The minimum absolute atomic E-state index is 0.0438. The van der Waals surface area contributed by atoms with Crippen molar-refractivity contribution < 1.29 is 36.6 Å². The molecular formula is C22H18F5N3O3. The molecule has 3 aromatic rings. The number of amides is 1. The number of rotatable bonds is 4. The summed E-state index contributed by atoms with van der Waals surface area (Å²) in [6, 6.07) is 4.39. The Kier molecular flexibility index (Phi) is 6.26. The zero-order valence-corrected chi connectivity index (χ0v) is 17.0. The monoisotopic (exact) mass is 467 g/mol. The smallest absolute Gasteiger partial charge is 0.389 e. The predicted molar refractivity (Wildman–Crippen MR) is 106 cm³/mol. The fraction of sp³-hybridized carbons (Fsp3) is 0.318. The maximum atomic E-state index is 14.6. The standard InChI is InChI=1S/C22H18F5N3O3/c23-13-2-3-14(24)20-19(13)12(7-11-1-4-18(28-9-11)22(25,26)27)8-16(29-20)21(32)30-15-5-6-33-10-17(15)31/h1-4,8-9,15,17,31H,5-7,10H2,(H,30,32)/t15-,17-/m0/s1. The summed E-state index contributed by atoms with van der Waals surface area (Å²) < 4.78 is 72.5. The maximum absolute atomic E-state index is 14.6. The topological polar surface area (TPSA) is 84.3 Å². The fourth-order valence-corrected chi connectivity index (χ4v) is 3.65. The van der Waals surface area contributed by atoms with Crippen molar-refractivity contribution in [1.82, 2.24) is 15.3 Å². The molecule has 2 N–H and O–H groups in total. The molecule has 174 valence electrons. The number of benzene rings is 1. The second kappa shape index (κ2) is 8.99. The van der Waals surface area contributed by atoms with Crippen LogP contribution >= 0.6 is 0 Å². The molecule has 1 aliphatic heterocycles. The minimum atomic E-state index is -4.61. The molecule has 2 atom stereocenters. The molecule has 0 saturated carbocycles. The van der Waals surface area contributed by atoms with E-state index in [9.17, 15) is 31.9 Å². The Morgan fingerprint density at radius 2 is 1.94 bits per heavy atom. The molecule has 33 heavy (non-hydrogen) atoms. The molecule has 1 amide bonds. The number of ether oxygens (including phenoxy) is 1. The third kappa shape index (κ3) is 4.93. The molecule has 3 heterocycles. The van der Waals surface area contributed by atoms with Gasteiger partial charge in [-0.05, 0) is 48.2 Å². The van der Waals surface area contributed by atoms with E-state index in [2.05, 4.69) is 15.3 Å². The van der Waals surface area contributed by atoms with Gasteiger partial charge in [-0.25, -0.2) is 13.8 Å². The highest BCUT2D eigenvalue weighted by molar-refractivity contribution is 5.96. The van der Waals surface area contributed by atoms with Crippen LogP contribution in [0.4, 0.5) is 22.0 Å². The number of carbonyl (C=O) groups is 1. The van der Waals surface area contributed by atoms with Gasteiger partial charge in [0.1, 0.15) is 28.5 Å². The number of carbonyl (C=O) groups excluding carboxylic acids is 1. The molecule has 0 bridgehead atoms. The lowest BCUT2D eigenvalue weighted by atomic mass is 9.99. The van der Waals surface area contributed by atoms with Crippen molar-refractivity contribution in [3.8, 4) is 0 Å². The first-order chi connectivity index (χ1) is 15.6. The third-order valence-electron chi connectivity index (χ3n) is 5.33. The number of fused-ring (bicyclic) bond motifs is 1. The second-order valence-electron chi connectivity index (χ2n) is 7.66. The van der Waals surface area contributed by atoms with Crippen LogP contribution in [0.5, 0.6) is 0 Å². The van der Waals surface area contributed by atoms with Crippen LogP contribution < -0.4 is 5.32 Å². The summed E-state index contributed by atoms with van der Waals surface area (Å²) >= 11 is 0. The van der Waals surface area contributed by atoms with E-state index in [1.807, 2.05) is 0 Å². The Morgan fingerprint density at radius 1 is 1.18 bits per heavy atom. The van der Waals surface area contributed by atoms with Crippen LogP contribution in [0, 0.1) is 11.6 Å².